The molecule has 0 aliphatic carbocycles. The fourth-order valence-corrected chi connectivity index (χ4v) is 6.17. The van der Waals surface area contributed by atoms with E-state index in [1.807, 2.05) is 11.6 Å². The number of ether oxygens (including phenoxy) is 2. The molecule has 0 radical (unpaired) electrons. The van der Waals surface area contributed by atoms with Gasteiger partial charge in [-0.15, -0.1) is 0 Å². The van der Waals surface area contributed by atoms with E-state index < -0.39 is 0 Å². The number of nitrogens with zero attached hydrogens (tertiary/aromatic N) is 6. The molecule has 0 bridgehead atoms. The summed E-state index contributed by atoms with van der Waals surface area (Å²) in [6, 6.07) is 4.52. The van der Waals surface area contributed by atoms with Crippen LogP contribution in [0.15, 0.2) is 12.1 Å². The van der Waals surface area contributed by atoms with Gasteiger partial charge in [0.1, 0.15) is 17.0 Å². The van der Waals surface area contributed by atoms with Crippen molar-refractivity contribution in [3.8, 4) is 11.4 Å². The summed E-state index contributed by atoms with van der Waals surface area (Å²) in [6.45, 7) is 8.62. The Morgan fingerprint density at radius 3 is 2.82 bits per heavy atom. The van der Waals surface area contributed by atoms with Crippen molar-refractivity contribution in [2.45, 2.75) is 57.9 Å². The minimum atomic E-state index is -0.297. The summed E-state index contributed by atoms with van der Waals surface area (Å²) < 4.78 is 19.7. The van der Waals surface area contributed by atoms with Gasteiger partial charge < -0.3 is 24.4 Å². The van der Waals surface area contributed by atoms with E-state index in [1.54, 1.807) is 0 Å². The van der Waals surface area contributed by atoms with Crippen LogP contribution < -0.4 is 9.80 Å². The molecule has 1 N–H and O–H groups in total. The summed E-state index contributed by atoms with van der Waals surface area (Å²) in [4.78, 5) is 9.78. The number of β-amino-alcohol motifs (C(OH)–C–C–N with tert-alkyl or cyclic N) is 1. The van der Waals surface area contributed by atoms with Gasteiger partial charge in [-0.25, -0.2) is 9.67 Å². The maximum absolute atomic E-state index is 10.2. The van der Waals surface area contributed by atoms with Crippen molar-refractivity contribution in [2.75, 3.05) is 49.3 Å². The van der Waals surface area contributed by atoms with Gasteiger partial charge in [0.15, 0.2) is 6.23 Å². The maximum atomic E-state index is 10.2. The maximum Gasteiger partial charge on any atom is 0.150 e. The second kappa shape index (κ2) is 9.07. The van der Waals surface area contributed by atoms with Gasteiger partial charge in [0.25, 0.3) is 0 Å². The van der Waals surface area contributed by atoms with Crippen LogP contribution in [0.5, 0.6) is 0 Å². The number of fused-ring (bicyclic) bond motifs is 1. The van der Waals surface area contributed by atoms with Crippen LogP contribution >= 0.6 is 11.5 Å². The molecule has 6 heterocycles. The zero-order valence-electron chi connectivity index (χ0n) is 19.8. The van der Waals surface area contributed by atoms with E-state index in [2.05, 4.69) is 28.9 Å². The summed E-state index contributed by atoms with van der Waals surface area (Å²) in [5, 5.41) is 15.0. The standard InChI is InChI=1S/C24H32N6O3S/c1-15-11-18(30(26-15)21-5-3-4-9-33-21)22-23-24(34-27-22)19(28-7-6-17(31)13-28)12-20(25-23)29-8-10-32-14-16(29)2/h11-12,16-17,21,31H,3-10,13-14H2,1-2H3/t16-,17+,21?/m1/s1. The van der Waals surface area contributed by atoms with Crippen LogP contribution in [0, 0.1) is 6.92 Å². The van der Waals surface area contributed by atoms with Gasteiger partial charge in [0.05, 0.1) is 47.1 Å². The molecule has 0 saturated carbocycles. The van der Waals surface area contributed by atoms with Crippen LogP contribution in [-0.4, -0.2) is 75.8 Å². The Morgan fingerprint density at radius 2 is 2.06 bits per heavy atom. The monoisotopic (exact) mass is 484 g/mol. The number of rotatable bonds is 4. The van der Waals surface area contributed by atoms with Crippen LogP contribution in [0.4, 0.5) is 11.5 Å². The third-order valence-electron chi connectivity index (χ3n) is 7.09. The predicted molar refractivity (Wildman–Crippen MR) is 133 cm³/mol. The molecule has 9 nitrogen and oxygen atoms in total. The highest BCUT2D eigenvalue weighted by atomic mass is 32.1. The number of aliphatic hydroxyl groups is 1. The first-order valence-electron chi connectivity index (χ1n) is 12.3. The molecule has 3 atom stereocenters. The van der Waals surface area contributed by atoms with Crippen LogP contribution in [0.3, 0.4) is 0 Å². The molecule has 3 aromatic rings. The molecule has 182 valence electrons. The van der Waals surface area contributed by atoms with E-state index in [4.69, 9.17) is 23.9 Å². The lowest BCUT2D eigenvalue weighted by atomic mass is 10.1. The molecule has 3 saturated heterocycles. The van der Waals surface area contributed by atoms with Crippen molar-refractivity contribution >= 4 is 33.3 Å². The van der Waals surface area contributed by atoms with Crippen LogP contribution in [0.2, 0.25) is 0 Å². The summed E-state index contributed by atoms with van der Waals surface area (Å²) in [5.74, 6) is 0.942. The number of aromatic nitrogens is 4. The van der Waals surface area contributed by atoms with Crippen molar-refractivity contribution < 1.29 is 14.6 Å². The minimum Gasteiger partial charge on any atom is -0.391 e. The summed E-state index contributed by atoms with van der Waals surface area (Å²) in [7, 11) is 0. The molecule has 10 heteroatoms. The molecule has 6 rings (SSSR count). The molecule has 3 aromatic heterocycles. The van der Waals surface area contributed by atoms with Gasteiger partial charge in [-0.1, -0.05) is 0 Å². The Balaban J connectivity index is 1.50. The molecule has 1 unspecified atom stereocenters. The summed E-state index contributed by atoms with van der Waals surface area (Å²) in [6.07, 6.45) is 3.61. The van der Waals surface area contributed by atoms with E-state index in [-0.39, 0.29) is 18.4 Å². The van der Waals surface area contributed by atoms with E-state index in [9.17, 15) is 5.11 Å². The lowest BCUT2D eigenvalue weighted by molar-refractivity contribution is -0.0385. The number of aliphatic hydroxyl groups excluding tert-OH is 1. The van der Waals surface area contributed by atoms with Crippen molar-refractivity contribution in [3.05, 3.63) is 17.8 Å². The minimum absolute atomic E-state index is 0.0650. The summed E-state index contributed by atoms with van der Waals surface area (Å²) in [5.41, 5.74) is 4.78. The Kier molecular flexibility index (Phi) is 5.92. The Bertz CT molecular complexity index is 1170. The molecule has 0 aromatic carbocycles. The van der Waals surface area contributed by atoms with Crippen LogP contribution in [-0.2, 0) is 9.47 Å². The first-order valence-corrected chi connectivity index (χ1v) is 13.1. The molecular weight excluding hydrogens is 452 g/mol. The quantitative estimate of drug-likeness (QED) is 0.603. The molecule has 34 heavy (non-hydrogen) atoms. The Hall–Kier alpha value is -2.27. The molecule has 0 spiro atoms. The van der Waals surface area contributed by atoms with Gasteiger partial charge >= 0.3 is 0 Å². The van der Waals surface area contributed by atoms with Crippen molar-refractivity contribution in [3.63, 3.8) is 0 Å². The molecule has 3 aliphatic rings. The third-order valence-corrected chi connectivity index (χ3v) is 7.95. The van der Waals surface area contributed by atoms with Gasteiger partial charge in [-0.05, 0) is 57.1 Å². The fraction of sp³-hybridized carbons (Fsp3) is 0.625. The van der Waals surface area contributed by atoms with Gasteiger partial charge in [-0.3, -0.25) is 0 Å². The first kappa shape index (κ1) is 22.2. The SMILES string of the molecule is Cc1cc(-c2nsc3c(N4CC[C@H](O)C4)cc(N4CCOC[C@H]4C)nc23)n(C2CCCCO2)n1. The van der Waals surface area contributed by atoms with Crippen molar-refractivity contribution in [1.29, 1.82) is 0 Å². The molecule has 0 amide bonds. The topological polar surface area (TPSA) is 88.8 Å². The molecule has 3 aliphatic heterocycles. The summed E-state index contributed by atoms with van der Waals surface area (Å²) >= 11 is 1.48. The average Bonchev–Trinajstić information content (AvgIpc) is 3.57. The van der Waals surface area contributed by atoms with Gasteiger partial charge in [-0.2, -0.15) is 9.47 Å². The van der Waals surface area contributed by atoms with Crippen molar-refractivity contribution in [1.82, 2.24) is 19.1 Å². The second-order valence-electron chi connectivity index (χ2n) is 9.65. The lowest BCUT2D eigenvalue weighted by Gasteiger charge is -2.35. The average molecular weight is 485 g/mol. The Morgan fingerprint density at radius 1 is 1.15 bits per heavy atom. The smallest absolute Gasteiger partial charge is 0.150 e. The van der Waals surface area contributed by atoms with E-state index in [0.29, 0.717) is 19.8 Å². The van der Waals surface area contributed by atoms with E-state index >= 15 is 0 Å². The number of hydrogen-bond donors (Lipinski definition) is 1. The zero-order chi connectivity index (χ0) is 23.2. The number of pyridine rings is 1. The largest absolute Gasteiger partial charge is 0.391 e. The highest BCUT2D eigenvalue weighted by Gasteiger charge is 2.29. The highest BCUT2D eigenvalue weighted by Crippen LogP contribution is 2.41. The first-order chi connectivity index (χ1) is 16.6. The normalized spacial score (nSPS) is 26.0. The Labute approximate surface area is 203 Å². The third kappa shape index (κ3) is 3.96. The number of anilines is 2. The van der Waals surface area contributed by atoms with Gasteiger partial charge in [0, 0.05) is 32.3 Å². The van der Waals surface area contributed by atoms with Crippen LogP contribution in [0.25, 0.3) is 21.6 Å². The number of morpholine rings is 1. The predicted octanol–water partition coefficient (Wildman–Crippen LogP) is 3.36. The highest BCUT2D eigenvalue weighted by molar-refractivity contribution is 7.14. The zero-order valence-corrected chi connectivity index (χ0v) is 20.6. The van der Waals surface area contributed by atoms with Crippen molar-refractivity contribution in [2.24, 2.45) is 0 Å². The van der Waals surface area contributed by atoms with Gasteiger partial charge in [0.2, 0.25) is 0 Å². The lowest BCUT2D eigenvalue weighted by Crippen LogP contribution is -2.44. The molecule has 3 fully saturated rings. The van der Waals surface area contributed by atoms with Crippen LogP contribution in [0.1, 0.15) is 44.5 Å². The molecular formula is C24H32N6O3S. The van der Waals surface area contributed by atoms with E-state index in [1.165, 1.54) is 11.5 Å². The number of aryl methyl sites for hydroxylation is 1. The second-order valence-corrected chi connectivity index (χ2v) is 10.4. The number of hydrogen-bond acceptors (Lipinski definition) is 9. The van der Waals surface area contributed by atoms with E-state index in [0.717, 1.165) is 84.2 Å². The fourth-order valence-electron chi connectivity index (χ4n) is 5.30.